The molecule has 0 unspecified atom stereocenters. The maximum atomic E-state index is 12.5. The molecule has 0 aliphatic carbocycles. The summed E-state index contributed by atoms with van der Waals surface area (Å²) in [6.45, 7) is 7.45. The van der Waals surface area contributed by atoms with Gasteiger partial charge in [0.1, 0.15) is 0 Å². The number of anilines is 1. The van der Waals surface area contributed by atoms with E-state index >= 15 is 0 Å². The molecular formula is C24H32AsN5O5. The van der Waals surface area contributed by atoms with Crippen molar-refractivity contribution < 1.29 is 19.2 Å². The van der Waals surface area contributed by atoms with E-state index in [-0.39, 0.29) is 41.7 Å². The molecule has 1 aliphatic heterocycles. The molecule has 1 saturated heterocycles. The molecule has 0 spiro atoms. The SMILES string of the molecule is CCCCOc1nc([As])c([N+](=O)[O-])c(N(CC(=O)OCC)Cc2cccc(CN3CCCC3)c2)n1. The molecule has 0 saturated carbocycles. The molecule has 1 aromatic heterocycles. The molecule has 0 bridgehead atoms. The molecule has 0 N–H and O–H groups in total. The molecule has 3 rings (SSSR count). The molecule has 188 valence electrons. The van der Waals surface area contributed by atoms with E-state index in [1.165, 1.54) is 12.8 Å². The first-order chi connectivity index (χ1) is 16.9. The third-order valence-electron chi connectivity index (χ3n) is 5.63. The molecule has 11 heteroatoms. The van der Waals surface area contributed by atoms with E-state index in [1.54, 1.807) is 11.8 Å². The number of ether oxygens (including phenoxy) is 2. The van der Waals surface area contributed by atoms with E-state index in [9.17, 15) is 14.9 Å². The van der Waals surface area contributed by atoms with Crippen molar-refractivity contribution in [2.24, 2.45) is 0 Å². The molecule has 35 heavy (non-hydrogen) atoms. The third-order valence-corrected chi connectivity index (χ3v) is 6.29. The minimum absolute atomic E-state index is 0.0325. The van der Waals surface area contributed by atoms with Crippen molar-refractivity contribution in [3.63, 3.8) is 0 Å². The van der Waals surface area contributed by atoms with Crippen molar-refractivity contribution in [2.45, 2.75) is 52.6 Å². The number of esters is 1. The molecule has 2 aromatic rings. The van der Waals surface area contributed by atoms with Gasteiger partial charge in [-0.1, -0.05) is 0 Å². The van der Waals surface area contributed by atoms with Crippen molar-refractivity contribution in [3.8, 4) is 6.01 Å². The van der Waals surface area contributed by atoms with Gasteiger partial charge in [-0.25, -0.2) is 0 Å². The molecule has 1 aromatic carbocycles. The molecule has 10 nitrogen and oxygen atoms in total. The molecule has 2 radical (unpaired) electrons. The predicted octanol–water partition coefficient (Wildman–Crippen LogP) is 2.52. The van der Waals surface area contributed by atoms with Gasteiger partial charge >= 0.3 is 215 Å². The first kappa shape index (κ1) is 26.9. The Bertz CT molecular complexity index is 1020. The summed E-state index contributed by atoms with van der Waals surface area (Å²) in [7, 11) is 0. The summed E-state index contributed by atoms with van der Waals surface area (Å²) in [5, 5.41) is 12.0. The number of nitro groups is 1. The molecule has 0 atom stereocenters. The van der Waals surface area contributed by atoms with E-state index in [4.69, 9.17) is 9.47 Å². The quantitative estimate of drug-likeness (QED) is 0.123. The van der Waals surface area contributed by atoms with Gasteiger partial charge in [0.2, 0.25) is 0 Å². The normalized spacial score (nSPS) is 13.6. The van der Waals surface area contributed by atoms with Gasteiger partial charge in [0.05, 0.1) is 0 Å². The Morgan fingerprint density at radius 3 is 2.66 bits per heavy atom. The van der Waals surface area contributed by atoms with Gasteiger partial charge in [0, 0.05) is 0 Å². The summed E-state index contributed by atoms with van der Waals surface area (Å²) < 4.78 is 10.9. The molecule has 2 heterocycles. The Morgan fingerprint density at radius 2 is 1.97 bits per heavy atom. The van der Waals surface area contributed by atoms with Crippen molar-refractivity contribution in [2.75, 3.05) is 37.7 Å². The van der Waals surface area contributed by atoms with Crippen molar-refractivity contribution >= 4 is 38.8 Å². The average molecular weight is 545 g/mol. The summed E-state index contributed by atoms with van der Waals surface area (Å²) in [6.07, 6.45) is 4.16. The van der Waals surface area contributed by atoms with Crippen LogP contribution in [0.25, 0.3) is 0 Å². The topological polar surface area (TPSA) is 111 Å². The van der Waals surface area contributed by atoms with E-state index in [0.717, 1.165) is 43.6 Å². The number of carbonyl (C=O) groups excluding carboxylic acids is 1. The zero-order chi connectivity index (χ0) is 25.2. The van der Waals surface area contributed by atoms with Crippen molar-refractivity contribution in [1.82, 2.24) is 14.9 Å². The molecule has 1 fully saturated rings. The van der Waals surface area contributed by atoms with Crippen LogP contribution in [0.15, 0.2) is 24.3 Å². The summed E-state index contributed by atoms with van der Waals surface area (Å²) in [5.74, 6) is -0.459. The number of hydrogen-bond donors (Lipinski definition) is 0. The molecular weight excluding hydrogens is 513 g/mol. The second-order valence-corrected chi connectivity index (χ2v) is 9.31. The van der Waals surface area contributed by atoms with Gasteiger partial charge in [-0.05, 0) is 0 Å². The van der Waals surface area contributed by atoms with Crippen LogP contribution in [-0.2, 0) is 22.6 Å². The van der Waals surface area contributed by atoms with Gasteiger partial charge in [-0.2, -0.15) is 0 Å². The Morgan fingerprint density at radius 1 is 1.23 bits per heavy atom. The van der Waals surface area contributed by atoms with E-state index in [0.29, 0.717) is 6.61 Å². The number of hydrogen-bond acceptors (Lipinski definition) is 9. The first-order valence-electron chi connectivity index (χ1n) is 12.0. The maximum absolute atomic E-state index is 12.5. The van der Waals surface area contributed by atoms with Crippen LogP contribution < -0.4 is 14.1 Å². The number of nitrogens with zero attached hydrogens (tertiary/aromatic N) is 5. The van der Waals surface area contributed by atoms with E-state index in [1.807, 2.05) is 19.1 Å². The Labute approximate surface area is 214 Å². The second kappa shape index (κ2) is 13.4. The van der Waals surface area contributed by atoms with Crippen LogP contribution in [-0.4, -0.2) is 75.5 Å². The fourth-order valence-electron chi connectivity index (χ4n) is 3.98. The summed E-state index contributed by atoms with van der Waals surface area (Å²) in [6, 6.07) is 8.11. The monoisotopic (exact) mass is 545 g/mol. The fraction of sp³-hybridized carbons (Fsp3) is 0.542. The van der Waals surface area contributed by atoms with Gasteiger partial charge in [0.25, 0.3) is 0 Å². The summed E-state index contributed by atoms with van der Waals surface area (Å²) >= 11 is 2.10. The first-order valence-corrected chi connectivity index (χ1v) is 12.9. The standard InChI is InChI=1S/C24H32AsN5O5/c1-3-5-13-35-24-26-22(25)21(30(32)33)23(27-24)29(17-20(31)34-4-2)16-19-10-8-9-18(14-19)15-28-11-6-7-12-28/h8-10,14H,3-7,11-13,15-17H2,1-2H3. The number of likely N-dealkylation sites (tertiary alicyclic amines) is 1. The number of benzene rings is 1. The molecule has 1 aliphatic rings. The average Bonchev–Trinajstić information content (AvgIpc) is 3.31. The minimum atomic E-state index is -0.527. The Kier molecular flexibility index (Phi) is 10.3. The zero-order valence-electron chi connectivity index (χ0n) is 20.3. The van der Waals surface area contributed by atoms with Gasteiger partial charge in [-0.3, -0.25) is 0 Å². The predicted molar refractivity (Wildman–Crippen MR) is 133 cm³/mol. The Balaban J connectivity index is 1.94. The number of unbranched alkanes of at least 4 members (excludes halogenated alkanes) is 1. The van der Waals surface area contributed by atoms with Gasteiger partial charge in [-0.15, -0.1) is 0 Å². The van der Waals surface area contributed by atoms with Crippen LogP contribution >= 0.6 is 0 Å². The third kappa shape index (κ3) is 7.90. The Hall–Kier alpha value is -2.71. The number of rotatable bonds is 13. The fourth-order valence-corrected chi connectivity index (χ4v) is 4.54. The second-order valence-electron chi connectivity index (χ2n) is 8.43. The van der Waals surface area contributed by atoms with Crippen molar-refractivity contribution in [1.29, 1.82) is 0 Å². The van der Waals surface area contributed by atoms with Crippen LogP contribution in [0.4, 0.5) is 11.5 Å². The van der Waals surface area contributed by atoms with Crippen molar-refractivity contribution in [3.05, 3.63) is 45.5 Å². The van der Waals surface area contributed by atoms with Crippen LogP contribution in [0.3, 0.4) is 0 Å². The zero-order valence-corrected chi connectivity index (χ0v) is 22.2. The van der Waals surface area contributed by atoms with Crippen LogP contribution in [0, 0.1) is 10.1 Å². The van der Waals surface area contributed by atoms with Gasteiger partial charge < -0.3 is 0 Å². The van der Waals surface area contributed by atoms with Crippen LogP contribution in [0.2, 0.25) is 0 Å². The van der Waals surface area contributed by atoms with E-state index in [2.05, 4.69) is 43.9 Å². The number of aromatic nitrogens is 2. The van der Waals surface area contributed by atoms with Gasteiger partial charge in [0.15, 0.2) is 0 Å². The van der Waals surface area contributed by atoms with E-state index < -0.39 is 10.9 Å². The number of carbonyl (C=O) groups is 1. The van der Waals surface area contributed by atoms with Crippen LogP contribution in [0.5, 0.6) is 6.01 Å². The van der Waals surface area contributed by atoms with Crippen LogP contribution in [0.1, 0.15) is 50.7 Å². The summed E-state index contributed by atoms with van der Waals surface area (Å²) in [4.78, 5) is 36.4. The summed E-state index contributed by atoms with van der Waals surface area (Å²) in [5.41, 5.74) is 1.80. The molecule has 0 amide bonds.